The van der Waals surface area contributed by atoms with Gasteiger partial charge in [-0.2, -0.15) is 26.1 Å². The smallest absolute Gasteiger partial charge is 0.0519 e. The molecule has 0 aromatic heterocycles. The minimum absolute atomic E-state index is 0. The molecule has 0 aromatic carbocycles. The fourth-order valence-corrected chi connectivity index (χ4v) is 0. The Hall–Kier alpha value is 0.620. The van der Waals surface area contributed by atoms with Crippen molar-refractivity contribution in [2.75, 3.05) is 12.4 Å². The van der Waals surface area contributed by atoms with E-state index in [2.05, 4.69) is 12.6 Å². The van der Waals surface area contributed by atoms with E-state index < -0.39 is 0 Å². The van der Waals surface area contributed by atoms with Gasteiger partial charge < -0.3 is 10.6 Å². The Morgan fingerprint density at radius 3 is 1.38 bits per heavy atom. The van der Waals surface area contributed by atoms with Crippen LogP contribution < -0.4 is 0 Å². The Balaban J connectivity index is -0.00000000750. The number of aliphatic hydroxyl groups is 1. The summed E-state index contributed by atoms with van der Waals surface area (Å²) in [6.45, 7) is 0.184. The summed E-state index contributed by atoms with van der Waals surface area (Å²) in [6, 6.07) is 0. The summed E-state index contributed by atoms with van der Waals surface area (Å²) in [7, 11) is 0. The third-order valence-electron chi connectivity index (χ3n) is 0.1000. The van der Waals surface area contributed by atoms with E-state index in [9.17, 15) is 0 Å². The molecule has 0 bridgehead atoms. The van der Waals surface area contributed by atoms with Crippen LogP contribution in [0.25, 0.3) is 0 Å². The van der Waals surface area contributed by atoms with Crippen LogP contribution in [0.5, 0.6) is 0 Å². The van der Waals surface area contributed by atoms with Crippen LogP contribution in [0.1, 0.15) is 14.9 Å². The van der Waals surface area contributed by atoms with Crippen molar-refractivity contribution in [1.29, 1.82) is 0 Å². The SMILES string of the molecule is C.C.O.OCCS.S. The van der Waals surface area contributed by atoms with Crippen LogP contribution in [0.4, 0.5) is 0 Å². The second kappa shape index (κ2) is 48.6. The van der Waals surface area contributed by atoms with Gasteiger partial charge in [-0.3, -0.25) is 0 Å². The first-order chi connectivity index (χ1) is 1.91. The molecule has 0 heterocycles. The van der Waals surface area contributed by atoms with Gasteiger partial charge in [-0.05, 0) is 0 Å². The van der Waals surface area contributed by atoms with E-state index in [1.165, 1.54) is 0 Å². The molecule has 0 aliphatic rings. The van der Waals surface area contributed by atoms with Gasteiger partial charge in [0.25, 0.3) is 0 Å². The lowest BCUT2D eigenvalue weighted by atomic mass is 10.9. The highest BCUT2D eigenvalue weighted by Gasteiger charge is 1.57. The molecule has 8 heavy (non-hydrogen) atoms. The van der Waals surface area contributed by atoms with Crippen molar-refractivity contribution >= 4 is 26.1 Å². The number of aliphatic hydroxyl groups excluding tert-OH is 1. The molecule has 0 rings (SSSR count). The summed E-state index contributed by atoms with van der Waals surface area (Å²) in [5.74, 6) is 0.569. The topological polar surface area (TPSA) is 51.7 Å². The van der Waals surface area contributed by atoms with Gasteiger partial charge in [0.1, 0.15) is 0 Å². The van der Waals surface area contributed by atoms with E-state index in [-0.39, 0.29) is 40.4 Å². The minimum Gasteiger partial charge on any atom is -0.412 e. The predicted octanol–water partition coefficient (Wildman–Crippen LogP) is 0.469. The molecule has 4 heteroatoms. The average Bonchev–Trinajstić information content (AvgIpc) is 1.37. The van der Waals surface area contributed by atoms with E-state index in [0.29, 0.717) is 5.75 Å². The lowest BCUT2D eigenvalue weighted by Gasteiger charge is -1.69. The minimum atomic E-state index is 0. The lowest BCUT2D eigenvalue weighted by molar-refractivity contribution is 0.323. The Bertz CT molecular complexity index is 14.0. The molecule has 3 N–H and O–H groups in total. The maximum atomic E-state index is 7.80. The zero-order valence-corrected chi connectivity index (χ0v) is 5.20. The van der Waals surface area contributed by atoms with Crippen molar-refractivity contribution in [2.45, 2.75) is 14.9 Å². The molecule has 0 aliphatic heterocycles. The highest BCUT2D eigenvalue weighted by molar-refractivity contribution is 7.80. The second-order valence-corrected chi connectivity index (χ2v) is 0.894. The summed E-state index contributed by atoms with van der Waals surface area (Å²) in [5, 5.41) is 7.80. The monoisotopic (exact) mass is 162 g/mol. The van der Waals surface area contributed by atoms with Gasteiger partial charge in [0.2, 0.25) is 0 Å². The van der Waals surface area contributed by atoms with Crippen molar-refractivity contribution in [2.24, 2.45) is 0 Å². The third kappa shape index (κ3) is 79.7. The highest BCUT2D eigenvalue weighted by Crippen LogP contribution is 1.61. The van der Waals surface area contributed by atoms with Gasteiger partial charge >= 0.3 is 0 Å². The van der Waals surface area contributed by atoms with Gasteiger partial charge in [-0.15, -0.1) is 0 Å². The Morgan fingerprint density at radius 1 is 1.25 bits per heavy atom. The zero-order chi connectivity index (χ0) is 3.41. The van der Waals surface area contributed by atoms with Gasteiger partial charge in [0, 0.05) is 5.75 Å². The molecular weight excluding hydrogens is 144 g/mol. The van der Waals surface area contributed by atoms with Crippen LogP contribution in [0, 0.1) is 0 Å². The molecular formula is C4H18O2S2. The molecule has 0 amide bonds. The molecule has 0 fully saturated rings. The van der Waals surface area contributed by atoms with Crippen molar-refractivity contribution < 1.29 is 10.6 Å². The molecule has 0 spiro atoms. The van der Waals surface area contributed by atoms with Crippen LogP contribution in [0.3, 0.4) is 0 Å². The molecule has 0 atom stereocenters. The number of hydrogen-bond acceptors (Lipinski definition) is 2. The number of rotatable bonds is 1. The average molecular weight is 162 g/mol. The number of hydrogen-bond donors (Lipinski definition) is 2. The predicted molar refractivity (Wildman–Crippen MR) is 48.4 cm³/mol. The summed E-state index contributed by atoms with van der Waals surface area (Å²) in [5.41, 5.74) is 0. The molecule has 58 valence electrons. The van der Waals surface area contributed by atoms with Crippen LogP contribution in [-0.2, 0) is 0 Å². The van der Waals surface area contributed by atoms with Gasteiger partial charge in [-0.25, -0.2) is 0 Å². The summed E-state index contributed by atoms with van der Waals surface area (Å²) in [6.07, 6.45) is 0. The van der Waals surface area contributed by atoms with E-state index in [1.807, 2.05) is 0 Å². The molecule has 0 aromatic rings. The summed E-state index contributed by atoms with van der Waals surface area (Å²) >= 11 is 3.67. The Kier molecular flexibility index (Phi) is 232. The van der Waals surface area contributed by atoms with Crippen LogP contribution in [0.15, 0.2) is 0 Å². The second-order valence-electron chi connectivity index (χ2n) is 0.447. The summed E-state index contributed by atoms with van der Waals surface area (Å²) in [4.78, 5) is 0. The largest absolute Gasteiger partial charge is 0.412 e. The molecule has 0 unspecified atom stereocenters. The van der Waals surface area contributed by atoms with Crippen LogP contribution in [0.2, 0.25) is 0 Å². The lowest BCUT2D eigenvalue weighted by Crippen LogP contribution is -1.76. The number of thiol groups is 1. The fourth-order valence-electron chi connectivity index (χ4n) is 0. The zero-order valence-electron chi connectivity index (χ0n) is 3.31. The van der Waals surface area contributed by atoms with E-state index in [1.54, 1.807) is 0 Å². The van der Waals surface area contributed by atoms with E-state index >= 15 is 0 Å². The molecule has 0 radical (unpaired) electrons. The van der Waals surface area contributed by atoms with Crippen LogP contribution in [-0.4, -0.2) is 22.9 Å². The first kappa shape index (κ1) is 38.2. The maximum absolute atomic E-state index is 7.80. The van der Waals surface area contributed by atoms with Crippen molar-refractivity contribution in [1.82, 2.24) is 0 Å². The first-order valence-corrected chi connectivity index (χ1v) is 1.76. The fraction of sp³-hybridized carbons (Fsp3) is 1.00. The van der Waals surface area contributed by atoms with Gasteiger partial charge in [0.15, 0.2) is 0 Å². The molecule has 0 saturated carbocycles. The maximum Gasteiger partial charge on any atom is 0.0519 e. The molecule has 0 saturated heterocycles. The van der Waals surface area contributed by atoms with Gasteiger partial charge in [0.05, 0.1) is 6.61 Å². The van der Waals surface area contributed by atoms with Gasteiger partial charge in [-0.1, -0.05) is 14.9 Å². The van der Waals surface area contributed by atoms with E-state index in [4.69, 9.17) is 5.11 Å². The van der Waals surface area contributed by atoms with Crippen LogP contribution >= 0.6 is 26.1 Å². The quantitative estimate of drug-likeness (QED) is 0.541. The van der Waals surface area contributed by atoms with Crippen molar-refractivity contribution in [3.63, 3.8) is 0 Å². The highest BCUT2D eigenvalue weighted by atomic mass is 32.1. The molecule has 2 nitrogen and oxygen atoms in total. The van der Waals surface area contributed by atoms with E-state index in [0.717, 1.165) is 0 Å². The summed E-state index contributed by atoms with van der Waals surface area (Å²) < 4.78 is 0. The first-order valence-electron chi connectivity index (χ1n) is 1.13. The molecule has 0 aliphatic carbocycles. The Morgan fingerprint density at radius 2 is 1.38 bits per heavy atom. The van der Waals surface area contributed by atoms with Crippen molar-refractivity contribution in [3.05, 3.63) is 0 Å². The van der Waals surface area contributed by atoms with Crippen molar-refractivity contribution in [3.8, 4) is 0 Å². The standard InChI is InChI=1S/C2H6OS.2CH4.H2O.H2S/c3-1-2-4;;;;/h3-4H,1-2H2;2*1H4;2*1H2. The normalized spacial score (nSPS) is 3.75. The Labute approximate surface area is 64.5 Å². The third-order valence-corrected chi connectivity index (χ3v) is 0.300.